The number of carbonyl (C=O) groups is 1. The lowest BCUT2D eigenvalue weighted by molar-refractivity contribution is -0.122. The maximum Gasteiger partial charge on any atom is 0.245 e. The standard InChI is InChI=1S/C36H32N2O3S2/c1-2-43(40,41)38(32-22-13-19-26-14-9-10-20-30(26)32)33(24-29-25-42-34-23-12-11-21-31(29)34)36(39)37-35(27-15-5-3-6-16-27)28-17-7-4-8-18-28/h3-23,25,33,35H,2,24H2,1H3,(H,37,39). The Morgan fingerprint density at radius 2 is 1.33 bits per heavy atom. The summed E-state index contributed by atoms with van der Waals surface area (Å²) >= 11 is 1.60. The molecule has 0 radical (unpaired) electrons. The number of carbonyl (C=O) groups excluding carboxylic acids is 1. The van der Waals surface area contributed by atoms with Crippen LogP contribution in [0.3, 0.4) is 0 Å². The predicted molar refractivity (Wildman–Crippen MR) is 178 cm³/mol. The van der Waals surface area contributed by atoms with Gasteiger partial charge in [0.1, 0.15) is 6.04 Å². The zero-order valence-electron chi connectivity index (χ0n) is 23.8. The molecule has 0 aliphatic heterocycles. The van der Waals surface area contributed by atoms with Gasteiger partial charge in [0.2, 0.25) is 15.9 Å². The van der Waals surface area contributed by atoms with Gasteiger partial charge in [0, 0.05) is 16.5 Å². The molecule has 216 valence electrons. The molecule has 7 heteroatoms. The molecule has 1 heterocycles. The molecule has 0 spiro atoms. The highest BCUT2D eigenvalue weighted by atomic mass is 32.2. The van der Waals surface area contributed by atoms with Crippen LogP contribution in [-0.4, -0.2) is 26.1 Å². The first-order valence-electron chi connectivity index (χ1n) is 14.3. The molecule has 5 aromatic carbocycles. The van der Waals surface area contributed by atoms with Crippen molar-refractivity contribution in [3.63, 3.8) is 0 Å². The molecule has 43 heavy (non-hydrogen) atoms. The summed E-state index contributed by atoms with van der Waals surface area (Å²) in [6.07, 6.45) is 0.217. The molecule has 1 aromatic heterocycles. The van der Waals surface area contributed by atoms with Crippen molar-refractivity contribution in [3.05, 3.63) is 149 Å². The Hall–Kier alpha value is -4.46. The summed E-state index contributed by atoms with van der Waals surface area (Å²) in [6.45, 7) is 1.62. The van der Waals surface area contributed by atoms with Gasteiger partial charge in [-0.15, -0.1) is 11.3 Å². The minimum Gasteiger partial charge on any atom is -0.343 e. The molecular formula is C36H32N2O3S2. The quantitative estimate of drug-likeness (QED) is 0.174. The van der Waals surface area contributed by atoms with Crippen molar-refractivity contribution < 1.29 is 13.2 Å². The molecular weight excluding hydrogens is 573 g/mol. The topological polar surface area (TPSA) is 66.5 Å². The predicted octanol–water partition coefficient (Wildman–Crippen LogP) is 7.73. The van der Waals surface area contributed by atoms with E-state index in [1.165, 1.54) is 4.31 Å². The Balaban J connectivity index is 1.51. The van der Waals surface area contributed by atoms with Gasteiger partial charge in [-0.25, -0.2) is 8.42 Å². The summed E-state index contributed by atoms with van der Waals surface area (Å²) in [4.78, 5) is 14.7. The SMILES string of the molecule is CCS(=O)(=O)N(c1cccc2ccccc12)C(Cc1csc2ccccc12)C(=O)NC(c1ccccc1)c1ccccc1. The maximum absolute atomic E-state index is 14.7. The Morgan fingerprint density at radius 1 is 0.744 bits per heavy atom. The van der Waals surface area contributed by atoms with E-state index in [9.17, 15) is 13.2 Å². The Morgan fingerprint density at radius 3 is 2.00 bits per heavy atom. The molecule has 6 aromatic rings. The van der Waals surface area contributed by atoms with Gasteiger partial charge in [0.25, 0.3) is 0 Å². The first kappa shape index (κ1) is 28.6. The first-order chi connectivity index (χ1) is 21.0. The van der Waals surface area contributed by atoms with Gasteiger partial charge in [0.15, 0.2) is 0 Å². The second-order valence-electron chi connectivity index (χ2n) is 10.4. The van der Waals surface area contributed by atoms with E-state index in [1.54, 1.807) is 24.3 Å². The number of amides is 1. The fourth-order valence-corrected chi connectivity index (χ4v) is 7.89. The van der Waals surface area contributed by atoms with Gasteiger partial charge >= 0.3 is 0 Å². The third-order valence-electron chi connectivity index (χ3n) is 7.78. The lowest BCUT2D eigenvalue weighted by atomic mass is 9.97. The van der Waals surface area contributed by atoms with E-state index < -0.39 is 22.1 Å². The Bertz CT molecular complexity index is 1930. The van der Waals surface area contributed by atoms with Crippen molar-refractivity contribution >= 4 is 53.8 Å². The Labute approximate surface area is 256 Å². The molecule has 0 aliphatic carbocycles. The normalized spacial score (nSPS) is 12.4. The largest absolute Gasteiger partial charge is 0.343 e. The highest BCUT2D eigenvalue weighted by Gasteiger charge is 2.37. The Kier molecular flexibility index (Phi) is 8.27. The molecule has 0 fully saturated rings. The van der Waals surface area contributed by atoms with Crippen LogP contribution >= 0.6 is 11.3 Å². The van der Waals surface area contributed by atoms with E-state index in [0.29, 0.717) is 5.69 Å². The van der Waals surface area contributed by atoms with Crippen molar-refractivity contribution in [2.75, 3.05) is 10.1 Å². The van der Waals surface area contributed by atoms with E-state index in [1.807, 2.05) is 127 Å². The lowest BCUT2D eigenvalue weighted by Gasteiger charge is -2.34. The number of thiophene rings is 1. The van der Waals surface area contributed by atoms with Crippen LogP contribution in [0.5, 0.6) is 0 Å². The molecule has 0 saturated carbocycles. The molecule has 0 saturated heterocycles. The molecule has 1 N–H and O–H groups in total. The van der Waals surface area contributed by atoms with Gasteiger partial charge in [-0.3, -0.25) is 9.10 Å². The van der Waals surface area contributed by atoms with Gasteiger partial charge in [0.05, 0.1) is 17.5 Å². The summed E-state index contributed by atoms with van der Waals surface area (Å²) in [7, 11) is -3.89. The number of benzene rings is 5. The number of hydrogen-bond acceptors (Lipinski definition) is 4. The van der Waals surface area contributed by atoms with Crippen molar-refractivity contribution in [2.24, 2.45) is 0 Å². The van der Waals surface area contributed by atoms with Crippen LogP contribution in [0.15, 0.2) is 133 Å². The van der Waals surface area contributed by atoms with E-state index >= 15 is 0 Å². The van der Waals surface area contributed by atoms with Gasteiger partial charge in [-0.2, -0.15) is 0 Å². The lowest BCUT2D eigenvalue weighted by Crippen LogP contribution is -2.52. The minimum atomic E-state index is -3.89. The van der Waals surface area contributed by atoms with Crippen molar-refractivity contribution in [1.29, 1.82) is 0 Å². The summed E-state index contributed by atoms with van der Waals surface area (Å²) in [5.74, 6) is -0.511. The number of sulfonamides is 1. The average Bonchev–Trinajstić information content (AvgIpc) is 3.46. The molecule has 1 atom stereocenters. The zero-order valence-corrected chi connectivity index (χ0v) is 25.4. The fourth-order valence-electron chi connectivity index (χ4n) is 5.62. The van der Waals surface area contributed by atoms with Crippen LogP contribution in [0.4, 0.5) is 5.69 Å². The molecule has 0 aliphatic rings. The van der Waals surface area contributed by atoms with Crippen LogP contribution in [-0.2, 0) is 21.2 Å². The number of hydrogen-bond donors (Lipinski definition) is 1. The monoisotopic (exact) mass is 604 g/mol. The van der Waals surface area contributed by atoms with Gasteiger partial charge in [-0.05, 0) is 51.9 Å². The summed E-state index contributed by atoms with van der Waals surface area (Å²) < 4.78 is 30.6. The van der Waals surface area contributed by atoms with Crippen LogP contribution < -0.4 is 9.62 Å². The second kappa shape index (κ2) is 12.4. The summed E-state index contributed by atoms with van der Waals surface area (Å²) in [5.41, 5.74) is 3.26. The molecule has 1 amide bonds. The van der Waals surface area contributed by atoms with E-state index in [4.69, 9.17) is 0 Å². The zero-order chi connectivity index (χ0) is 29.8. The average molecular weight is 605 g/mol. The fraction of sp³-hybridized carbons (Fsp3) is 0.139. The third kappa shape index (κ3) is 5.91. The van der Waals surface area contributed by atoms with E-state index in [2.05, 4.69) is 5.32 Å². The molecule has 0 bridgehead atoms. The maximum atomic E-state index is 14.7. The number of fused-ring (bicyclic) bond motifs is 2. The van der Waals surface area contributed by atoms with Gasteiger partial charge < -0.3 is 5.32 Å². The summed E-state index contributed by atoms with van der Waals surface area (Å²) in [6, 6.07) is 39.4. The van der Waals surface area contributed by atoms with Crippen molar-refractivity contribution in [2.45, 2.75) is 25.4 Å². The van der Waals surface area contributed by atoms with E-state index in [0.717, 1.165) is 37.5 Å². The number of nitrogens with one attached hydrogen (secondary N) is 1. The van der Waals surface area contributed by atoms with Crippen LogP contribution in [0.2, 0.25) is 0 Å². The molecule has 1 unspecified atom stereocenters. The first-order valence-corrected chi connectivity index (χ1v) is 16.8. The molecule has 6 rings (SSSR count). The minimum absolute atomic E-state index is 0.148. The smallest absolute Gasteiger partial charge is 0.245 e. The summed E-state index contributed by atoms with van der Waals surface area (Å²) in [5, 5.41) is 8.01. The van der Waals surface area contributed by atoms with Gasteiger partial charge in [-0.1, -0.05) is 115 Å². The number of nitrogens with zero attached hydrogens (tertiary/aromatic N) is 1. The van der Waals surface area contributed by atoms with Crippen molar-refractivity contribution in [3.8, 4) is 0 Å². The number of anilines is 1. The molecule has 5 nitrogen and oxygen atoms in total. The highest BCUT2D eigenvalue weighted by molar-refractivity contribution is 7.92. The second-order valence-corrected chi connectivity index (χ2v) is 13.5. The van der Waals surface area contributed by atoms with Crippen LogP contribution in [0, 0.1) is 0 Å². The van der Waals surface area contributed by atoms with Crippen LogP contribution in [0.25, 0.3) is 20.9 Å². The van der Waals surface area contributed by atoms with Crippen molar-refractivity contribution in [1.82, 2.24) is 5.32 Å². The third-order valence-corrected chi connectivity index (χ3v) is 10.6. The highest BCUT2D eigenvalue weighted by Crippen LogP contribution is 2.34. The van der Waals surface area contributed by atoms with Crippen LogP contribution in [0.1, 0.15) is 29.7 Å². The number of rotatable bonds is 10. The van der Waals surface area contributed by atoms with E-state index in [-0.39, 0.29) is 18.1 Å².